The number of nitrogens with zero attached hydrogens (tertiary/aromatic N) is 1. The second-order valence-corrected chi connectivity index (χ2v) is 4.35. The third-order valence-corrected chi connectivity index (χ3v) is 4.06. The van der Waals surface area contributed by atoms with Crippen LogP contribution in [0.4, 0.5) is 0 Å². The average Bonchev–Trinajstić information content (AvgIpc) is 2.56. The van der Waals surface area contributed by atoms with Gasteiger partial charge in [0.25, 0.3) is 0 Å². The van der Waals surface area contributed by atoms with E-state index in [0.717, 1.165) is 10.0 Å². The first kappa shape index (κ1) is 12.2. The number of halogens is 1. The summed E-state index contributed by atoms with van der Waals surface area (Å²) in [5.41, 5.74) is 1.22. The van der Waals surface area contributed by atoms with Gasteiger partial charge in [-0.2, -0.15) is 0 Å². The fourth-order valence-corrected chi connectivity index (χ4v) is 2.59. The Labute approximate surface area is 100 Å². The van der Waals surface area contributed by atoms with E-state index in [4.69, 9.17) is 0 Å². The maximum Gasteiger partial charge on any atom is 0.361 e. The summed E-state index contributed by atoms with van der Waals surface area (Å²) in [7, 11) is 2.69. The Hall–Kier alpha value is -0.880. The summed E-state index contributed by atoms with van der Waals surface area (Å²) in [6.07, 6.45) is 0. The van der Waals surface area contributed by atoms with Crippen LogP contribution in [0.25, 0.3) is 0 Å². The van der Waals surface area contributed by atoms with Crippen molar-refractivity contribution in [1.29, 1.82) is 0 Å². The van der Waals surface area contributed by atoms with Crippen LogP contribution in [0.1, 0.15) is 10.4 Å². The fraction of sp³-hybridized carbons (Fsp3) is 0.333. The minimum absolute atomic E-state index is 0.171. The molecule has 1 rings (SSSR count). The number of esters is 1. The fourth-order valence-electron chi connectivity index (χ4n) is 0.949. The van der Waals surface area contributed by atoms with Crippen molar-refractivity contribution in [2.75, 3.05) is 14.2 Å². The topological polar surface area (TPSA) is 47.9 Å². The van der Waals surface area contributed by atoms with Crippen molar-refractivity contribution in [3.8, 4) is 0 Å². The number of ether oxygens (including phenoxy) is 1. The van der Waals surface area contributed by atoms with E-state index in [1.54, 1.807) is 0 Å². The molecule has 1 heterocycles. The number of methoxy groups -OCH3 is 1. The van der Waals surface area contributed by atoms with Crippen molar-refractivity contribution >= 4 is 38.9 Å². The van der Waals surface area contributed by atoms with Crippen LogP contribution < -0.4 is 0 Å². The van der Waals surface area contributed by atoms with Crippen LogP contribution in [-0.4, -0.2) is 25.9 Å². The normalized spacial score (nSPS) is 11.3. The lowest BCUT2D eigenvalue weighted by Gasteiger charge is -2.01. The lowest BCUT2D eigenvalue weighted by atomic mass is 10.2. The molecule has 6 heteroatoms. The zero-order valence-electron chi connectivity index (χ0n) is 8.54. The van der Waals surface area contributed by atoms with Gasteiger partial charge in [-0.05, 0) is 33.8 Å². The van der Waals surface area contributed by atoms with E-state index in [0.29, 0.717) is 4.88 Å². The Morgan fingerprint density at radius 1 is 1.53 bits per heavy atom. The molecule has 0 bridgehead atoms. The lowest BCUT2D eigenvalue weighted by molar-refractivity contribution is -0.132. The zero-order chi connectivity index (χ0) is 11.4. The molecule has 0 spiro atoms. The maximum absolute atomic E-state index is 11.4. The predicted octanol–water partition coefficient (Wildman–Crippen LogP) is 2.34. The minimum atomic E-state index is -0.514. The number of carbonyl (C=O) groups is 1. The molecule has 1 aromatic rings. The standard InChI is InChI=1S/C9H10BrNO3S/c1-5-4-15-8(6(5)10)7(11-14-3)9(12)13-2/h4H,1-3H3. The van der Waals surface area contributed by atoms with Gasteiger partial charge < -0.3 is 9.57 Å². The molecule has 0 aromatic carbocycles. The third-order valence-electron chi connectivity index (χ3n) is 1.68. The molecule has 15 heavy (non-hydrogen) atoms. The quantitative estimate of drug-likeness (QED) is 0.488. The number of rotatable bonds is 3. The first-order chi connectivity index (χ1) is 7.11. The van der Waals surface area contributed by atoms with Crippen LogP contribution in [0.3, 0.4) is 0 Å². The minimum Gasteiger partial charge on any atom is -0.464 e. The summed E-state index contributed by atoms with van der Waals surface area (Å²) in [6, 6.07) is 0. The first-order valence-electron chi connectivity index (χ1n) is 4.05. The maximum atomic E-state index is 11.4. The van der Waals surface area contributed by atoms with Crippen molar-refractivity contribution in [2.24, 2.45) is 5.16 Å². The number of thiophene rings is 1. The van der Waals surface area contributed by atoms with Crippen molar-refractivity contribution in [2.45, 2.75) is 6.92 Å². The largest absolute Gasteiger partial charge is 0.464 e. The molecule has 0 unspecified atom stereocenters. The van der Waals surface area contributed by atoms with Gasteiger partial charge in [-0.1, -0.05) is 5.16 Å². The van der Waals surface area contributed by atoms with E-state index in [2.05, 4.69) is 30.7 Å². The Kier molecular flexibility index (Phi) is 4.28. The molecule has 4 nitrogen and oxygen atoms in total. The summed E-state index contributed by atoms with van der Waals surface area (Å²) >= 11 is 4.79. The molecule has 0 atom stereocenters. The van der Waals surface area contributed by atoms with Gasteiger partial charge in [-0.25, -0.2) is 4.79 Å². The van der Waals surface area contributed by atoms with Crippen molar-refractivity contribution in [3.05, 3.63) is 20.3 Å². The van der Waals surface area contributed by atoms with Gasteiger partial charge in [0.15, 0.2) is 0 Å². The molecular formula is C9H10BrNO3S. The number of oxime groups is 1. The second kappa shape index (κ2) is 5.27. The number of aryl methyl sites for hydroxylation is 1. The highest BCUT2D eigenvalue weighted by Gasteiger charge is 2.21. The van der Waals surface area contributed by atoms with Crippen LogP contribution in [-0.2, 0) is 14.4 Å². The zero-order valence-corrected chi connectivity index (χ0v) is 10.9. The molecule has 0 radical (unpaired) electrons. The molecule has 0 saturated heterocycles. The van der Waals surface area contributed by atoms with Crippen LogP contribution >= 0.6 is 27.3 Å². The van der Waals surface area contributed by atoms with Gasteiger partial charge in [0.1, 0.15) is 7.11 Å². The summed E-state index contributed by atoms with van der Waals surface area (Å²) in [5, 5.41) is 5.59. The number of hydrogen-bond acceptors (Lipinski definition) is 5. The van der Waals surface area contributed by atoms with E-state index in [1.165, 1.54) is 25.6 Å². The predicted molar refractivity (Wildman–Crippen MR) is 62.3 cm³/mol. The summed E-state index contributed by atoms with van der Waals surface area (Å²) in [6.45, 7) is 1.94. The van der Waals surface area contributed by atoms with Crippen LogP contribution in [0.2, 0.25) is 0 Å². The van der Waals surface area contributed by atoms with Gasteiger partial charge >= 0.3 is 5.97 Å². The summed E-state index contributed by atoms with van der Waals surface area (Å²) in [5.74, 6) is -0.514. The summed E-state index contributed by atoms with van der Waals surface area (Å²) < 4.78 is 5.46. The Balaban J connectivity index is 3.16. The lowest BCUT2D eigenvalue weighted by Crippen LogP contribution is -2.16. The molecule has 0 N–H and O–H groups in total. The summed E-state index contributed by atoms with van der Waals surface area (Å²) in [4.78, 5) is 16.7. The third kappa shape index (κ3) is 2.57. The van der Waals surface area contributed by atoms with E-state index in [9.17, 15) is 4.79 Å². The van der Waals surface area contributed by atoms with Gasteiger partial charge in [-0.15, -0.1) is 11.3 Å². The highest BCUT2D eigenvalue weighted by atomic mass is 79.9. The highest BCUT2D eigenvalue weighted by molar-refractivity contribution is 9.10. The average molecular weight is 292 g/mol. The van der Waals surface area contributed by atoms with Crippen LogP contribution in [0.5, 0.6) is 0 Å². The molecule has 0 fully saturated rings. The second-order valence-electron chi connectivity index (χ2n) is 2.68. The SMILES string of the molecule is CON=C(C(=O)OC)c1scc(C)c1Br. The molecule has 82 valence electrons. The van der Waals surface area contributed by atoms with E-state index >= 15 is 0 Å². The first-order valence-corrected chi connectivity index (χ1v) is 5.72. The number of hydrogen-bond donors (Lipinski definition) is 0. The molecule has 0 aliphatic carbocycles. The van der Waals surface area contributed by atoms with Crippen LogP contribution in [0.15, 0.2) is 15.0 Å². The van der Waals surface area contributed by atoms with Gasteiger partial charge in [-0.3, -0.25) is 0 Å². The van der Waals surface area contributed by atoms with E-state index in [1.807, 2.05) is 12.3 Å². The van der Waals surface area contributed by atoms with Crippen molar-refractivity contribution in [1.82, 2.24) is 0 Å². The van der Waals surface area contributed by atoms with Crippen molar-refractivity contribution in [3.63, 3.8) is 0 Å². The van der Waals surface area contributed by atoms with Crippen LogP contribution in [0, 0.1) is 6.92 Å². The van der Waals surface area contributed by atoms with Crippen molar-refractivity contribution < 1.29 is 14.4 Å². The van der Waals surface area contributed by atoms with Gasteiger partial charge in [0, 0.05) is 4.47 Å². The molecule has 0 aliphatic rings. The Morgan fingerprint density at radius 2 is 2.20 bits per heavy atom. The molecular weight excluding hydrogens is 282 g/mol. The van der Waals surface area contributed by atoms with E-state index < -0.39 is 5.97 Å². The molecule has 0 aliphatic heterocycles. The Morgan fingerprint density at radius 3 is 2.60 bits per heavy atom. The van der Waals surface area contributed by atoms with E-state index in [-0.39, 0.29) is 5.71 Å². The highest BCUT2D eigenvalue weighted by Crippen LogP contribution is 2.28. The van der Waals surface area contributed by atoms with Gasteiger partial charge in [0.2, 0.25) is 5.71 Å². The molecule has 0 amide bonds. The molecule has 0 saturated carbocycles. The monoisotopic (exact) mass is 291 g/mol. The van der Waals surface area contributed by atoms with Gasteiger partial charge in [0.05, 0.1) is 12.0 Å². The Bertz CT molecular complexity index is 400. The number of carbonyl (C=O) groups excluding carboxylic acids is 1. The molecule has 1 aromatic heterocycles. The smallest absolute Gasteiger partial charge is 0.361 e.